The summed E-state index contributed by atoms with van der Waals surface area (Å²) in [5, 5.41) is 14.5. The molecule has 5 nitrogen and oxygen atoms in total. The normalized spacial score (nSPS) is 16.9. The molecule has 0 atom stereocenters. The highest BCUT2D eigenvalue weighted by Gasteiger charge is 2.53. The first-order valence-corrected chi connectivity index (χ1v) is 7.93. The Balaban J connectivity index is 2.01. The molecule has 1 amide bonds. The molecule has 4 N–H and O–H groups in total. The number of rotatable bonds is 11. The first kappa shape index (κ1) is 16.8. The van der Waals surface area contributed by atoms with Crippen LogP contribution in [0, 0.1) is 5.41 Å². The highest BCUT2D eigenvalue weighted by atomic mass is 16.4. The zero-order valence-electron chi connectivity index (χ0n) is 12.7. The largest absolute Gasteiger partial charge is 0.409 e. The van der Waals surface area contributed by atoms with E-state index in [9.17, 15) is 4.79 Å². The predicted molar refractivity (Wildman–Crippen MR) is 80.7 cm³/mol. The van der Waals surface area contributed by atoms with Gasteiger partial charge in [0.15, 0.2) is 5.84 Å². The van der Waals surface area contributed by atoms with Crippen LogP contribution in [-0.2, 0) is 4.79 Å². The molecule has 5 heteroatoms. The van der Waals surface area contributed by atoms with E-state index in [0.29, 0.717) is 19.4 Å². The second-order valence-corrected chi connectivity index (χ2v) is 5.80. The molecule has 1 fully saturated rings. The summed E-state index contributed by atoms with van der Waals surface area (Å²) >= 11 is 0. The Hall–Kier alpha value is -1.26. The number of nitrogens with zero attached hydrogens (tertiary/aromatic N) is 1. The van der Waals surface area contributed by atoms with Crippen LogP contribution in [0.15, 0.2) is 5.16 Å². The highest BCUT2D eigenvalue weighted by Crippen LogP contribution is 2.45. The van der Waals surface area contributed by atoms with Gasteiger partial charge in [0.1, 0.15) is 5.41 Å². The van der Waals surface area contributed by atoms with E-state index in [0.717, 1.165) is 12.8 Å². The number of oxime groups is 1. The van der Waals surface area contributed by atoms with Gasteiger partial charge in [0.05, 0.1) is 0 Å². The van der Waals surface area contributed by atoms with Crippen molar-refractivity contribution in [1.82, 2.24) is 5.32 Å². The minimum absolute atomic E-state index is 0.0472. The molecule has 0 aromatic carbocycles. The molecule has 0 aliphatic heterocycles. The second-order valence-electron chi connectivity index (χ2n) is 5.80. The Morgan fingerprint density at radius 1 is 1.15 bits per heavy atom. The van der Waals surface area contributed by atoms with E-state index in [1.807, 2.05) is 0 Å². The van der Waals surface area contributed by atoms with E-state index in [2.05, 4.69) is 17.4 Å². The van der Waals surface area contributed by atoms with Gasteiger partial charge in [-0.15, -0.1) is 0 Å². The Morgan fingerprint density at radius 2 is 1.70 bits per heavy atom. The van der Waals surface area contributed by atoms with Crippen molar-refractivity contribution in [3.63, 3.8) is 0 Å². The molecule has 0 heterocycles. The number of nitrogens with one attached hydrogen (secondary N) is 1. The summed E-state index contributed by atoms with van der Waals surface area (Å²) in [6.07, 6.45) is 11.4. The summed E-state index contributed by atoms with van der Waals surface area (Å²) in [5.41, 5.74) is 4.85. The van der Waals surface area contributed by atoms with Gasteiger partial charge in [0, 0.05) is 6.54 Å². The molecule has 1 aliphatic rings. The molecule has 116 valence electrons. The molecule has 1 rings (SSSR count). The van der Waals surface area contributed by atoms with Crippen LogP contribution in [0.3, 0.4) is 0 Å². The van der Waals surface area contributed by atoms with Gasteiger partial charge in [-0.2, -0.15) is 0 Å². The van der Waals surface area contributed by atoms with Crippen LogP contribution < -0.4 is 11.1 Å². The van der Waals surface area contributed by atoms with Gasteiger partial charge < -0.3 is 16.3 Å². The zero-order chi connectivity index (χ0) is 14.8. The van der Waals surface area contributed by atoms with Crippen LogP contribution in [-0.4, -0.2) is 23.5 Å². The second kappa shape index (κ2) is 8.82. The molecular formula is C15H29N3O2. The molecule has 20 heavy (non-hydrogen) atoms. The van der Waals surface area contributed by atoms with Crippen molar-refractivity contribution >= 4 is 11.7 Å². The summed E-state index contributed by atoms with van der Waals surface area (Å²) < 4.78 is 0. The Kier molecular flexibility index (Phi) is 7.41. The fourth-order valence-corrected chi connectivity index (χ4v) is 2.45. The maximum Gasteiger partial charge on any atom is 0.233 e. The number of hydrogen-bond donors (Lipinski definition) is 3. The van der Waals surface area contributed by atoms with E-state index < -0.39 is 5.41 Å². The first-order chi connectivity index (χ1) is 9.67. The van der Waals surface area contributed by atoms with Gasteiger partial charge in [-0.25, -0.2) is 0 Å². The smallest absolute Gasteiger partial charge is 0.233 e. The molecule has 0 radical (unpaired) electrons. The van der Waals surface area contributed by atoms with E-state index in [1.54, 1.807) is 0 Å². The van der Waals surface area contributed by atoms with Crippen LogP contribution in [0.2, 0.25) is 0 Å². The molecular weight excluding hydrogens is 254 g/mol. The number of amidine groups is 1. The summed E-state index contributed by atoms with van der Waals surface area (Å²) in [5.74, 6) is -0.0401. The number of carbonyl (C=O) groups excluding carboxylic acids is 1. The Labute approximate surface area is 122 Å². The van der Waals surface area contributed by atoms with Gasteiger partial charge in [0.2, 0.25) is 5.91 Å². The highest BCUT2D eigenvalue weighted by molar-refractivity contribution is 6.09. The lowest BCUT2D eigenvalue weighted by atomic mass is 10.0. The van der Waals surface area contributed by atoms with E-state index in [-0.39, 0.29) is 11.7 Å². The van der Waals surface area contributed by atoms with Gasteiger partial charge in [-0.1, -0.05) is 57.0 Å². The quantitative estimate of drug-likeness (QED) is 0.179. The number of carbonyl (C=O) groups is 1. The Morgan fingerprint density at radius 3 is 2.20 bits per heavy atom. The molecule has 0 unspecified atom stereocenters. The number of amides is 1. The van der Waals surface area contributed by atoms with Gasteiger partial charge in [-0.05, 0) is 19.3 Å². The summed E-state index contributed by atoms with van der Waals surface area (Å²) in [6, 6.07) is 0. The van der Waals surface area contributed by atoms with Crippen molar-refractivity contribution in [2.45, 2.75) is 71.1 Å². The lowest BCUT2D eigenvalue weighted by Gasteiger charge is -2.13. The van der Waals surface area contributed by atoms with Crippen molar-refractivity contribution in [3.8, 4) is 0 Å². The zero-order valence-corrected chi connectivity index (χ0v) is 12.7. The number of unbranched alkanes of at least 4 members (excludes halogenated alkanes) is 7. The molecule has 0 bridgehead atoms. The predicted octanol–water partition coefficient (Wildman–Crippen LogP) is 2.77. The molecule has 1 saturated carbocycles. The minimum Gasteiger partial charge on any atom is -0.409 e. The fourth-order valence-electron chi connectivity index (χ4n) is 2.45. The van der Waals surface area contributed by atoms with Crippen molar-refractivity contribution in [2.24, 2.45) is 16.3 Å². The van der Waals surface area contributed by atoms with Gasteiger partial charge in [-0.3, -0.25) is 4.79 Å². The van der Waals surface area contributed by atoms with Crippen molar-refractivity contribution in [1.29, 1.82) is 0 Å². The molecule has 0 aromatic heterocycles. The summed E-state index contributed by atoms with van der Waals surface area (Å²) in [6.45, 7) is 2.91. The van der Waals surface area contributed by atoms with Gasteiger partial charge >= 0.3 is 0 Å². The average Bonchev–Trinajstić information content (AvgIpc) is 3.26. The maximum atomic E-state index is 12.0. The molecule has 0 saturated heterocycles. The molecule has 0 aromatic rings. The van der Waals surface area contributed by atoms with Crippen LogP contribution in [0.25, 0.3) is 0 Å². The van der Waals surface area contributed by atoms with Crippen LogP contribution in [0.4, 0.5) is 0 Å². The number of hydrogen-bond acceptors (Lipinski definition) is 3. The van der Waals surface area contributed by atoms with Crippen LogP contribution >= 0.6 is 0 Å². The van der Waals surface area contributed by atoms with E-state index in [4.69, 9.17) is 10.9 Å². The maximum absolute atomic E-state index is 12.0. The number of nitrogens with two attached hydrogens (primary N) is 1. The lowest BCUT2D eigenvalue weighted by molar-refractivity contribution is -0.124. The molecule has 1 aliphatic carbocycles. The summed E-state index contributed by atoms with van der Waals surface area (Å²) in [7, 11) is 0. The van der Waals surface area contributed by atoms with Crippen molar-refractivity contribution in [2.75, 3.05) is 6.54 Å². The van der Waals surface area contributed by atoms with Gasteiger partial charge in [0.25, 0.3) is 0 Å². The fraction of sp³-hybridized carbons (Fsp3) is 0.867. The van der Waals surface area contributed by atoms with Crippen molar-refractivity contribution < 1.29 is 10.0 Å². The monoisotopic (exact) mass is 283 g/mol. The standard InChI is InChI=1S/C15H29N3O2/c1-2-3-4-5-6-7-8-9-12-17-14(19)15(10-11-15)13(16)18-20/h20H,2-12H2,1H3,(H2,16,18)(H,17,19). The minimum atomic E-state index is -0.713. The van der Waals surface area contributed by atoms with Crippen LogP contribution in [0.5, 0.6) is 0 Å². The van der Waals surface area contributed by atoms with E-state index in [1.165, 1.54) is 38.5 Å². The first-order valence-electron chi connectivity index (χ1n) is 7.93. The molecule has 0 spiro atoms. The van der Waals surface area contributed by atoms with Crippen molar-refractivity contribution in [3.05, 3.63) is 0 Å². The average molecular weight is 283 g/mol. The summed E-state index contributed by atoms with van der Waals surface area (Å²) in [4.78, 5) is 12.0. The third kappa shape index (κ3) is 5.02. The Bertz CT molecular complexity index is 325. The SMILES string of the molecule is CCCCCCCCCCNC(=O)C1(C(N)=NO)CC1. The third-order valence-corrected chi connectivity index (χ3v) is 4.10. The lowest BCUT2D eigenvalue weighted by Crippen LogP contribution is -2.41. The van der Waals surface area contributed by atoms with Crippen LogP contribution in [0.1, 0.15) is 71.1 Å². The van der Waals surface area contributed by atoms with E-state index >= 15 is 0 Å². The topological polar surface area (TPSA) is 87.7 Å². The third-order valence-electron chi connectivity index (χ3n) is 4.10.